The molecule has 2 aliphatic rings. The topological polar surface area (TPSA) is 64.6 Å². The van der Waals surface area contributed by atoms with Crippen LogP contribution in [0.25, 0.3) is 28.1 Å². The Balaban J connectivity index is 1.80. The standard InChI is InChI=1S/C20H14ClNO4/c1-25-18-10-14-9-15(11-16(14)19(21)26-18)22-8-2-3-17(22)12-4-6-13(7-5-12)20(23)24/h2-11H,1H3,(H,23,24). The monoisotopic (exact) mass is 367 g/mol. The third-order valence-electron chi connectivity index (χ3n) is 4.24. The number of halogens is 1. The molecule has 0 fully saturated rings. The molecule has 0 radical (unpaired) electrons. The molecule has 5 nitrogen and oxygen atoms in total. The van der Waals surface area contributed by atoms with Crippen LogP contribution < -0.4 is 4.74 Å². The molecule has 6 heteroatoms. The van der Waals surface area contributed by atoms with Crippen LogP contribution in [0.5, 0.6) is 5.95 Å². The average Bonchev–Trinajstić information content (AvgIpc) is 3.28. The zero-order valence-corrected chi connectivity index (χ0v) is 14.5. The van der Waals surface area contributed by atoms with Crippen LogP contribution in [0.2, 0.25) is 5.22 Å². The molecule has 1 aromatic carbocycles. The van der Waals surface area contributed by atoms with E-state index in [0.29, 0.717) is 5.95 Å². The predicted molar refractivity (Wildman–Crippen MR) is 98.6 cm³/mol. The van der Waals surface area contributed by atoms with Crippen LogP contribution in [0.15, 0.2) is 65.2 Å². The maximum atomic E-state index is 11.0. The summed E-state index contributed by atoms with van der Waals surface area (Å²) in [6.45, 7) is 0. The van der Waals surface area contributed by atoms with Crippen molar-refractivity contribution in [3.8, 4) is 34.0 Å². The van der Waals surface area contributed by atoms with Gasteiger partial charge in [-0.25, -0.2) is 4.79 Å². The van der Waals surface area contributed by atoms with Gasteiger partial charge in [0.1, 0.15) is 0 Å². The molecule has 1 aliphatic carbocycles. The zero-order valence-electron chi connectivity index (χ0n) is 13.8. The highest BCUT2D eigenvalue weighted by molar-refractivity contribution is 6.31. The Morgan fingerprint density at radius 1 is 1.12 bits per heavy atom. The first-order valence-electron chi connectivity index (χ1n) is 7.85. The molecule has 0 saturated carbocycles. The van der Waals surface area contributed by atoms with Gasteiger partial charge in [0.15, 0.2) is 0 Å². The Morgan fingerprint density at radius 2 is 1.88 bits per heavy atom. The number of carboxylic acid groups (broad SMARTS) is 1. The largest absolute Gasteiger partial charge is 0.478 e. The van der Waals surface area contributed by atoms with Crippen molar-refractivity contribution >= 4 is 17.6 Å². The van der Waals surface area contributed by atoms with Crippen LogP contribution >= 0.6 is 11.6 Å². The van der Waals surface area contributed by atoms with Gasteiger partial charge in [-0.05, 0) is 59.1 Å². The number of ether oxygens (including phenoxy) is 1. The number of benzene rings is 1. The molecule has 26 heavy (non-hydrogen) atoms. The Morgan fingerprint density at radius 3 is 2.58 bits per heavy atom. The van der Waals surface area contributed by atoms with E-state index in [1.807, 2.05) is 35.0 Å². The molecule has 1 N–H and O–H groups in total. The molecule has 0 spiro atoms. The van der Waals surface area contributed by atoms with E-state index in [-0.39, 0.29) is 10.8 Å². The van der Waals surface area contributed by atoms with Crippen LogP contribution in [0, 0.1) is 0 Å². The fraction of sp³-hybridized carbons (Fsp3) is 0.0500. The predicted octanol–water partition coefficient (Wildman–Crippen LogP) is 5.20. The number of rotatable bonds is 4. The Hall–Kier alpha value is -3.18. The van der Waals surface area contributed by atoms with Crippen LogP contribution in [0.4, 0.5) is 0 Å². The van der Waals surface area contributed by atoms with Gasteiger partial charge in [0.2, 0.25) is 5.22 Å². The van der Waals surface area contributed by atoms with Crippen molar-refractivity contribution in [1.82, 2.24) is 4.57 Å². The van der Waals surface area contributed by atoms with Crippen molar-refractivity contribution in [2.75, 3.05) is 7.11 Å². The molecule has 4 rings (SSSR count). The highest BCUT2D eigenvalue weighted by Gasteiger charge is 2.17. The van der Waals surface area contributed by atoms with Gasteiger partial charge in [0.05, 0.1) is 18.4 Å². The van der Waals surface area contributed by atoms with Gasteiger partial charge in [0, 0.05) is 23.5 Å². The van der Waals surface area contributed by atoms with Crippen molar-refractivity contribution in [2.45, 2.75) is 0 Å². The number of hydrogen-bond donors (Lipinski definition) is 1. The van der Waals surface area contributed by atoms with E-state index in [1.54, 1.807) is 30.3 Å². The SMILES string of the molecule is COc1cc2cc(-n3cccc3-c3ccc(C(=O)O)cc3)cc-2c(Cl)o1. The number of hydrogen-bond acceptors (Lipinski definition) is 3. The number of nitrogens with zero attached hydrogens (tertiary/aromatic N) is 1. The van der Waals surface area contributed by atoms with Crippen molar-refractivity contribution in [2.24, 2.45) is 0 Å². The summed E-state index contributed by atoms with van der Waals surface area (Å²) in [4.78, 5) is 11.0. The van der Waals surface area contributed by atoms with Crippen molar-refractivity contribution in [1.29, 1.82) is 0 Å². The minimum atomic E-state index is -0.943. The smallest absolute Gasteiger partial charge is 0.335 e. The second kappa shape index (κ2) is 6.28. The summed E-state index contributed by atoms with van der Waals surface area (Å²) in [5.74, 6) is -0.599. The molecular weight excluding hydrogens is 354 g/mol. The molecule has 0 saturated heterocycles. The molecule has 1 aromatic heterocycles. The summed E-state index contributed by atoms with van der Waals surface area (Å²) < 4.78 is 12.5. The molecule has 1 aliphatic heterocycles. The third kappa shape index (κ3) is 2.72. The Labute approximate surface area is 154 Å². The van der Waals surface area contributed by atoms with Gasteiger partial charge in [-0.2, -0.15) is 0 Å². The Kier molecular flexibility index (Phi) is 3.93. The molecule has 130 valence electrons. The minimum Gasteiger partial charge on any atom is -0.478 e. The third-order valence-corrected chi connectivity index (χ3v) is 4.52. The number of carbonyl (C=O) groups is 1. The van der Waals surface area contributed by atoms with Crippen molar-refractivity contribution in [3.63, 3.8) is 0 Å². The highest BCUT2D eigenvalue weighted by atomic mass is 35.5. The van der Waals surface area contributed by atoms with Crippen LogP contribution in [-0.4, -0.2) is 22.8 Å². The molecular formula is C20H14ClNO4. The molecule has 0 atom stereocenters. The average molecular weight is 368 g/mol. The number of aromatic nitrogens is 1. The fourth-order valence-electron chi connectivity index (χ4n) is 2.96. The van der Waals surface area contributed by atoms with Gasteiger partial charge in [0.25, 0.3) is 5.95 Å². The summed E-state index contributed by atoms with van der Waals surface area (Å²) in [6.07, 6.45) is 1.94. The summed E-state index contributed by atoms with van der Waals surface area (Å²) in [5, 5.41) is 9.32. The molecule has 2 aromatic rings. The van der Waals surface area contributed by atoms with E-state index in [0.717, 1.165) is 28.1 Å². The maximum Gasteiger partial charge on any atom is 0.335 e. The van der Waals surface area contributed by atoms with Crippen molar-refractivity contribution in [3.05, 3.63) is 71.6 Å². The van der Waals surface area contributed by atoms with E-state index >= 15 is 0 Å². The number of fused-ring (bicyclic) bond motifs is 1. The van der Waals surface area contributed by atoms with Gasteiger partial charge < -0.3 is 18.8 Å². The van der Waals surface area contributed by atoms with Gasteiger partial charge >= 0.3 is 5.97 Å². The normalized spacial score (nSPS) is 11.0. The number of methoxy groups -OCH3 is 1. The summed E-state index contributed by atoms with van der Waals surface area (Å²) >= 11 is 6.21. The number of aromatic carboxylic acids is 1. The lowest BCUT2D eigenvalue weighted by Crippen LogP contribution is -1.96. The minimum absolute atomic E-state index is 0.256. The highest BCUT2D eigenvalue weighted by Crippen LogP contribution is 2.39. The van der Waals surface area contributed by atoms with E-state index in [9.17, 15) is 4.79 Å². The van der Waals surface area contributed by atoms with Gasteiger partial charge in [-0.3, -0.25) is 0 Å². The molecule has 0 amide bonds. The number of carboxylic acids is 1. The van der Waals surface area contributed by atoms with Crippen LogP contribution in [0.1, 0.15) is 10.4 Å². The zero-order chi connectivity index (χ0) is 18.3. The lowest BCUT2D eigenvalue weighted by atomic mass is 10.1. The molecule has 2 heterocycles. The first-order valence-corrected chi connectivity index (χ1v) is 8.23. The lowest BCUT2D eigenvalue weighted by molar-refractivity contribution is 0.0697. The van der Waals surface area contributed by atoms with Gasteiger partial charge in [-0.1, -0.05) is 12.1 Å². The van der Waals surface area contributed by atoms with Gasteiger partial charge in [-0.15, -0.1) is 0 Å². The maximum absolute atomic E-state index is 11.0. The van der Waals surface area contributed by atoms with E-state index < -0.39 is 5.97 Å². The molecule has 0 unspecified atom stereocenters. The summed E-state index contributed by atoms with van der Waals surface area (Å²) in [5.41, 5.74) is 4.74. The lowest BCUT2D eigenvalue weighted by Gasteiger charge is -2.08. The second-order valence-corrected chi connectivity index (χ2v) is 6.12. The van der Waals surface area contributed by atoms with E-state index in [4.69, 9.17) is 25.9 Å². The van der Waals surface area contributed by atoms with Crippen LogP contribution in [0.3, 0.4) is 0 Å². The Bertz CT molecular complexity index is 1060. The summed E-state index contributed by atoms with van der Waals surface area (Å²) in [6, 6.07) is 16.4. The van der Waals surface area contributed by atoms with Crippen LogP contribution in [-0.2, 0) is 0 Å². The summed E-state index contributed by atoms with van der Waals surface area (Å²) in [7, 11) is 1.52. The second-order valence-electron chi connectivity index (χ2n) is 5.77. The first kappa shape index (κ1) is 16.3. The first-order chi connectivity index (χ1) is 12.6. The quantitative estimate of drug-likeness (QED) is 0.538. The molecule has 0 bridgehead atoms. The fourth-order valence-corrected chi connectivity index (χ4v) is 3.20. The van der Waals surface area contributed by atoms with E-state index in [2.05, 4.69) is 0 Å². The van der Waals surface area contributed by atoms with E-state index in [1.165, 1.54) is 7.11 Å². The van der Waals surface area contributed by atoms with Crippen molar-refractivity contribution < 1.29 is 19.1 Å².